The maximum absolute atomic E-state index is 12.3. The third-order valence-corrected chi connectivity index (χ3v) is 3.80. The topological polar surface area (TPSA) is 38.1 Å². The van der Waals surface area contributed by atoms with Crippen molar-refractivity contribution in [2.75, 3.05) is 13.1 Å². The first-order valence-corrected chi connectivity index (χ1v) is 7.25. The molecule has 0 bridgehead atoms. The molecule has 0 aliphatic carbocycles. The molecule has 5 heteroatoms. The molecule has 1 amide bonds. The van der Waals surface area contributed by atoms with Crippen LogP contribution < -0.4 is 0 Å². The van der Waals surface area contributed by atoms with Crippen LogP contribution in [0, 0.1) is 3.57 Å². The minimum absolute atomic E-state index is 0.184. The van der Waals surface area contributed by atoms with Gasteiger partial charge in [-0.15, -0.1) is 0 Å². The Balaban J connectivity index is 2.03. The number of hydrogen-bond acceptors (Lipinski definition) is 2. The molecule has 1 aliphatic heterocycles. The van der Waals surface area contributed by atoms with Gasteiger partial charge >= 0.3 is 0 Å². The van der Waals surface area contributed by atoms with Crippen molar-refractivity contribution in [3.05, 3.63) is 16.0 Å². The van der Waals surface area contributed by atoms with Crippen LogP contribution in [0.15, 0.2) is 12.4 Å². The summed E-state index contributed by atoms with van der Waals surface area (Å²) in [6.07, 6.45) is 8.47. The van der Waals surface area contributed by atoms with Crippen LogP contribution in [-0.2, 0) is 4.79 Å². The summed E-state index contributed by atoms with van der Waals surface area (Å²) < 4.78 is 2.83. The molecule has 0 saturated carbocycles. The molecule has 1 aliphatic rings. The molecule has 1 aromatic heterocycles. The molecule has 1 atom stereocenters. The number of likely N-dealkylation sites (tertiary alicyclic amines) is 1. The van der Waals surface area contributed by atoms with Crippen LogP contribution in [0.4, 0.5) is 0 Å². The first-order valence-electron chi connectivity index (χ1n) is 6.17. The van der Waals surface area contributed by atoms with E-state index in [1.807, 2.05) is 18.0 Å². The maximum atomic E-state index is 12.3. The van der Waals surface area contributed by atoms with E-state index in [4.69, 9.17) is 0 Å². The number of aromatic nitrogens is 2. The molecule has 1 fully saturated rings. The number of nitrogens with zero attached hydrogens (tertiary/aromatic N) is 3. The van der Waals surface area contributed by atoms with Gasteiger partial charge in [0.2, 0.25) is 5.91 Å². The summed E-state index contributed by atoms with van der Waals surface area (Å²) in [4.78, 5) is 14.3. The van der Waals surface area contributed by atoms with Crippen LogP contribution in [0.5, 0.6) is 0 Å². The van der Waals surface area contributed by atoms with Crippen molar-refractivity contribution < 1.29 is 4.79 Å². The fourth-order valence-electron chi connectivity index (χ4n) is 2.20. The largest absolute Gasteiger partial charge is 0.341 e. The molecule has 0 radical (unpaired) electrons. The number of halogens is 1. The first-order chi connectivity index (χ1) is 8.18. The quantitative estimate of drug-likeness (QED) is 0.771. The zero-order valence-electron chi connectivity index (χ0n) is 10.1. The van der Waals surface area contributed by atoms with Crippen molar-refractivity contribution in [2.45, 2.75) is 38.6 Å². The fraction of sp³-hybridized carbons (Fsp3) is 0.667. The maximum Gasteiger partial charge on any atom is 0.247 e. The van der Waals surface area contributed by atoms with Gasteiger partial charge in [0.1, 0.15) is 6.04 Å². The second-order valence-electron chi connectivity index (χ2n) is 4.55. The van der Waals surface area contributed by atoms with Crippen LogP contribution in [0.25, 0.3) is 0 Å². The molecule has 94 valence electrons. The SMILES string of the molecule is CC(C(=O)N1CCCCCC1)n1cc(I)cn1. The Morgan fingerprint density at radius 1 is 1.35 bits per heavy atom. The van der Waals surface area contributed by atoms with E-state index in [9.17, 15) is 4.79 Å². The Morgan fingerprint density at radius 2 is 2.00 bits per heavy atom. The second kappa shape index (κ2) is 5.84. The molecule has 4 nitrogen and oxygen atoms in total. The lowest BCUT2D eigenvalue weighted by molar-refractivity contribution is -0.134. The van der Waals surface area contributed by atoms with E-state index in [2.05, 4.69) is 27.7 Å². The van der Waals surface area contributed by atoms with Crippen LogP contribution >= 0.6 is 22.6 Å². The lowest BCUT2D eigenvalue weighted by Gasteiger charge is -2.24. The number of carbonyl (C=O) groups is 1. The van der Waals surface area contributed by atoms with E-state index in [0.717, 1.165) is 29.5 Å². The number of hydrogen-bond donors (Lipinski definition) is 0. The molecule has 1 aromatic rings. The molecule has 1 saturated heterocycles. The van der Waals surface area contributed by atoms with Crippen molar-refractivity contribution in [3.63, 3.8) is 0 Å². The summed E-state index contributed by atoms with van der Waals surface area (Å²) in [7, 11) is 0. The van der Waals surface area contributed by atoms with Gasteiger partial charge in [-0.2, -0.15) is 5.10 Å². The van der Waals surface area contributed by atoms with Crippen molar-refractivity contribution >= 4 is 28.5 Å². The summed E-state index contributed by atoms with van der Waals surface area (Å²) in [5, 5.41) is 4.22. The first kappa shape index (κ1) is 12.9. The molecular weight excluding hydrogens is 329 g/mol. The molecule has 17 heavy (non-hydrogen) atoms. The molecular formula is C12H18IN3O. The van der Waals surface area contributed by atoms with Crippen LogP contribution in [0.2, 0.25) is 0 Å². The number of rotatable bonds is 2. The van der Waals surface area contributed by atoms with Crippen molar-refractivity contribution in [1.29, 1.82) is 0 Å². The third kappa shape index (κ3) is 3.20. The van der Waals surface area contributed by atoms with E-state index in [0.29, 0.717) is 0 Å². The molecule has 0 N–H and O–H groups in total. The van der Waals surface area contributed by atoms with E-state index < -0.39 is 0 Å². The summed E-state index contributed by atoms with van der Waals surface area (Å²) in [6, 6.07) is -0.184. The lowest BCUT2D eigenvalue weighted by Crippen LogP contribution is -2.37. The Hall–Kier alpha value is -0.590. The fourth-order valence-corrected chi connectivity index (χ4v) is 2.61. The van der Waals surface area contributed by atoms with E-state index >= 15 is 0 Å². The Kier molecular flexibility index (Phi) is 4.42. The normalized spacial score (nSPS) is 18.8. The van der Waals surface area contributed by atoms with Gasteiger partial charge in [0, 0.05) is 19.3 Å². The van der Waals surface area contributed by atoms with Gasteiger partial charge < -0.3 is 4.90 Å². The number of amides is 1. The summed E-state index contributed by atoms with van der Waals surface area (Å²) in [5.41, 5.74) is 0. The predicted molar refractivity (Wildman–Crippen MR) is 74.7 cm³/mol. The predicted octanol–water partition coefficient (Wildman–Crippen LogP) is 2.45. The van der Waals surface area contributed by atoms with E-state index in [1.165, 1.54) is 12.8 Å². The van der Waals surface area contributed by atoms with E-state index in [-0.39, 0.29) is 11.9 Å². The minimum Gasteiger partial charge on any atom is -0.341 e. The highest BCUT2D eigenvalue weighted by atomic mass is 127. The minimum atomic E-state index is -0.184. The summed E-state index contributed by atoms with van der Waals surface area (Å²) in [6.45, 7) is 3.74. The van der Waals surface area contributed by atoms with Gasteiger partial charge in [0.15, 0.2) is 0 Å². The molecule has 0 spiro atoms. The zero-order valence-corrected chi connectivity index (χ0v) is 12.3. The van der Waals surface area contributed by atoms with Gasteiger partial charge in [-0.05, 0) is 42.4 Å². The number of carbonyl (C=O) groups excluding carboxylic acids is 1. The lowest BCUT2D eigenvalue weighted by atomic mass is 10.2. The van der Waals surface area contributed by atoms with Crippen molar-refractivity contribution in [2.24, 2.45) is 0 Å². The Labute approximate surface area is 116 Å². The standard InChI is InChI=1S/C12H18IN3O/c1-10(16-9-11(13)8-14-16)12(17)15-6-4-2-3-5-7-15/h8-10H,2-7H2,1H3. The van der Waals surface area contributed by atoms with Crippen molar-refractivity contribution in [3.8, 4) is 0 Å². The van der Waals surface area contributed by atoms with Crippen LogP contribution in [-0.4, -0.2) is 33.7 Å². The molecule has 0 aromatic carbocycles. The van der Waals surface area contributed by atoms with Crippen LogP contribution in [0.3, 0.4) is 0 Å². The Bertz CT molecular complexity index is 383. The smallest absolute Gasteiger partial charge is 0.247 e. The average Bonchev–Trinajstić information content (AvgIpc) is 2.60. The third-order valence-electron chi connectivity index (χ3n) is 3.24. The van der Waals surface area contributed by atoms with Gasteiger partial charge in [0.25, 0.3) is 0 Å². The van der Waals surface area contributed by atoms with Gasteiger partial charge in [-0.1, -0.05) is 12.8 Å². The highest BCUT2D eigenvalue weighted by molar-refractivity contribution is 14.1. The second-order valence-corrected chi connectivity index (χ2v) is 5.80. The monoisotopic (exact) mass is 347 g/mol. The summed E-state index contributed by atoms with van der Waals surface area (Å²) in [5.74, 6) is 0.200. The van der Waals surface area contributed by atoms with Crippen molar-refractivity contribution in [1.82, 2.24) is 14.7 Å². The molecule has 2 rings (SSSR count). The van der Waals surface area contributed by atoms with Gasteiger partial charge in [-0.3, -0.25) is 9.48 Å². The molecule has 2 heterocycles. The molecule has 1 unspecified atom stereocenters. The zero-order chi connectivity index (χ0) is 12.3. The van der Waals surface area contributed by atoms with Gasteiger partial charge in [-0.25, -0.2) is 0 Å². The highest BCUT2D eigenvalue weighted by Gasteiger charge is 2.22. The highest BCUT2D eigenvalue weighted by Crippen LogP contribution is 2.16. The average molecular weight is 347 g/mol. The van der Waals surface area contributed by atoms with E-state index in [1.54, 1.807) is 10.9 Å². The Morgan fingerprint density at radius 3 is 2.53 bits per heavy atom. The van der Waals surface area contributed by atoms with Gasteiger partial charge in [0.05, 0.1) is 9.77 Å². The summed E-state index contributed by atoms with van der Waals surface area (Å²) >= 11 is 2.21. The van der Waals surface area contributed by atoms with Crippen LogP contribution in [0.1, 0.15) is 38.6 Å².